The minimum atomic E-state index is -0.213. The maximum Gasteiger partial charge on any atom is 0.322 e. The summed E-state index contributed by atoms with van der Waals surface area (Å²) in [6.45, 7) is 0.848. The number of rotatable bonds is 5. The molecule has 0 spiro atoms. The third-order valence-corrected chi connectivity index (χ3v) is 3.93. The lowest BCUT2D eigenvalue weighted by Gasteiger charge is -2.22. The fraction of sp³-hybridized carbons (Fsp3) is 0.167. The Labute approximate surface area is 145 Å². The van der Waals surface area contributed by atoms with Gasteiger partial charge in [-0.2, -0.15) is 0 Å². The van der Waals surface area contributed by atoms with E-state index in [1.54, 1.807) is 35.4 Å². The highest BCUT2D eigenvalue weighted by molar-refractivity contribution is 6.30. The summed E-state index contributed by atoms with van der Waals surface area (Å²) in [4.78, 5) is 14.4. The fourth-order valence-corrected chi connectivity index (χ4v) is 2.61. The zero-order valence-electron chi connectivity index (χ0n) is 13.3. The number of nitrogens with zero attached hydrogens (tertiary/aromatic N) is 2. The standard InChI is InChI=1S/C18H18ClN3O2/c1-21-9-3-7-16(21)12-22(13-17-8-4-10-24-17)18(23)20-15-6-2-5-14(19)11-15/h2-11H,12-13H2,1H3,(H,20,23). The van der Waals surface area contributed by atoms with Crippen molar-refractivity contribution in [2.45, 2.75) is 13.1 Å². The first-order valence-electron chi connectivity index (χ1n) is 7.56. The number of benzene rings is 1. The van der Waals surface area contributed by atoms with Crippen molar-refractivity contribution in [1.82, 2.24) is 9.47 Å². The summed E-state index contributed by atoms with van der Waals surface area (Å²) < 4.78 is 7.37. The van der Waals surface area contributed by atoms with Crippen molar-refractivity contribution in [2.24, 2.45) is 7.05 Å². The van der Waals surface area contributed by atoms with Crippen molar-refractivity contribution in [1.29, 1.82) is 0 Å². The van der Waals surface area contributed by atoms with Gasteiger partial charge in [-0.15, -0.1) is 0 Å². The largest absolute Gasteiger partial charge is 0.467 e. The highest BCUT2D eigenvalue weighted by atomic mass is 35.5. The molecule has 2 amide bonds. The second-order valence-corrected chi connectivity index (χ2v) is 5.92. The third-order valence-electron chi connectivity index (χ3n) is 3.69. The SMILES string of the molecule is Cn1cccc1CN(Cc1ccco1)C(=O)Nc1cccc(Cl)c1. The Kier molecular flexibility index (Phi) is 4.91. The Hall–Kier alpha value is -2.66. The number of anilines is 1. The molecular weight excluding hydrogens is 326 g/mol. The molecule has 3 aromatic rings. The summed E-state index contributed by atoms with van der Waals surface area (Å²) in [6.07, 6.45) is 3.56. The Morgan fingerprint density at radius 3 is 2.75 bits per heavy atom. The van der Waals surface area contributed by atoms with Gasteiger partial charge in [0.1, 0.15) is 5.76 Å². The van der Waals surface area contributed by atoms with Gasteiger partial charge in [-0.1, -0.05) is 17.7 Å². The Balaban J connectivity index is 1.77. The number of aryl methyl sites for hydroxylation is 1. The first-order valence-corrected chi connectivity index (χ1v) is 7.94. The molecule has 1 aromatic carbocycles. The molecule has 0 aliphatic heterocycles. The molecule has 0 bridgehead atoms. The summed E-state index contributed by atoms with van der Waals surface area (Å²) >= 11 is 5.98. The highest BCUT2D eigenvalue weighted by Gasteiger charge is 2.17. The maximum absolute atomic E-state index is 12.7. The van der Waals surface area contributed by atoms with Crippen LogP contribution < -0.4 is 5.32 Å². The Bertz CT molecular complexity index is 811. The zero-order valence-corrected chi connectivity index (χ0v) is 14.0. The molecule has 0 saturated carbocycles. The minimum Gasteiger partial charge on any atom is -0.467 e. The van der Waals surface area contributed by atoms with E-state index in [4.69, 9.17) is 16.0 Å². The number of halogens is 1. The van der Waals surface area contributed by atoms with Crippen LogP contribution in [0.15, 0.2) is 65.4 Å². The second kappa shape index (κ2) is 7.27. The number of furan rings is 1. The molecular formula is C18H18ClN3O2. The number of hydrogen-bond donors (Lipinski definition) is 1. The number of nitrogens with one attached hydrogen (secondary N) is 1. The zero-order chi connectivity index (χ0) is 16.9. The van der Waals surface area contributed by atoms with Crippen LogP contribution >= 0.6 is 11.6 Å². The monoisotopic (exact) mass is 343 g/mol. The predicted octanol–water partition coefficient (Wildman–Crippen LogP) is 4.51. The molecule has 1 N–H and O–H groups in total. The average Bonchev–Trinajstić information content (AvgIpc) is 3.19. The van der Waals surface area contributed by atoms with Crippen LogP contribution in [0, 0.1) is 0 Å². The number of urea groups is 1. The molecule has 124 valence electrons. The molecule has 0 unspecified atom stereocenters. The van der Waals surface area contributed by atoms with Gasteiger partial charge in [0, 0.05) is 29.6 Å². The van der Waals surface area contributed by atoms with Crippen LogP contribution in [0.25, 0.3) is 0 Å². The van der Waals surface area contributed by atoms with Crippen LogP contribution in [0.4, 0.5) is 10.5 Å². The molecule has 5 nitrogen and oxygen atoms in total. The van der Waals surface area contributed by atoms with Gasteiger partial charge in [0.25, 0.3) is 0 Å². The third kappa shape index (κ3) is 4.00. The van der Waals surface area contributed by atoms with Crippen LogP contribution in [-0.4, -0.2) is 15.5 Å². The summed E-state index contributed by atoms with van der Waals surface area (Å²) in [5, 5.41) is 3.46. The molecule has 0 fully saturated rings. The van der Waals surface area contributed by atoms with Gasteiger partial charge in [-0.3, -0.25) is 0 Å². The van der Waals surface area contributed by atoms with E-state index in [0.717, 1.165) is 11.5 Å². The molecule has 0 atom stereocenters. The van der Waals surface area contributed by atoms with Crippen molar-refractivity contribution >= 4 is 23.3 Å². The van der Waals surface area contributed by atoms with E-state index >= 15 is 0 Å². The summed E-state index contributed by atoms with van der Waals surface area (Å²) in [5.41, 5.74) is 1.69. The van der Waals surface area contributed by atoms with Gasteiger partial charge >= 0.3 is 6.03 Å². The van der Waals surface area contributed by atoms with E-state index in [2.05, 4.69) is 5.32 Å². The first kappa shape index (κ1) is 16.2. The quantitative estimate of drug-likeness (QED) is 0.741. The molecule has 0 aliphatic carbocycles. The van der Waals surface area contributed by atoms with Gasteiger partial charge in [0.2, 0.25) is 0 Å². The summed E-state index contributed by atoms with van der Waals surface area (Å²) in [6, 6.07) is 14.5. The number of carbonyl (C=O) groups is 1. The van der Waals surface area contributed by atoms with E-state index in [0.29, 0.717) is 23.8 Å². The Morgan fingerprint density at radius 1 is 1.21 bits per heavy atom. The smallest absolute Gasteiger partial charge is 0.322 e. The van der Waals surface area contributed by atoms with Crippen LogP contribution in [-0.2, 0) is 20.1 Å². The van der Waals surface area contributed by atoms with Crippen LogP contribution in [0.3, 0.4) is 0 Å². The lowest BCUT2D eigenvalue weighted by atomic mass is 10.3. The molecule has 0 aliphatic rings. The van der Waals surface area contributed by atoms with Gasteiger partial charge < -0.3 is 19.2 Å². The molecule has 6 heteroatoms. The van der Waals surface area contributed by atoms with E-state index in [1.165, 1.54) is 0 Å². The van der Waals surface area contributed by atoms with Crippen LogP contribution in [0.1, 0.15) is 11.5 Å². The Morgan fingerprint density at radius 2 is 2.08 bits per heavy atom. The molecule has 3 rings (SSSR count). The average molecular weight is 344 g/mol. The van der Waals surface area contributed by atoms with Crippen molar-refractivity contribution in [3.63, 3.8) is 0 Å². The minimum absolute atomic E-state index is 0.213. The van der Waals surface area contributed by atoms with E-state index in [-0.39, 0.29) is 6.03 Å². The van der Waals surface area contributed by atoms with Crippen molar-refractivity contribution in [3.8, 4) is 0 Å². The summed E-state index contributed by atoms with van der Waals surface area (Å²) in [7, 11) is 1.95. The van der Waals surface area contributed by atoms with E-state index < -0.39 is 0 Å². The lowest BCUT2D eigenvalue weighted by Crippen LogP contribution is -2.34. The van der Waals surface area contributed by atoms with E-state index in [1.807, 2.05) is 42.1 Å². The first-order chi connectivity index (χ1) is 11.6. The van der Waals surface area contributed by atoms with Crippen LogP contribution in [0.2, 0.25) is 5.02 Å². The fourth-order valence-electron chi connectivity index (χ4n) is 2.42. The number of aromatic nitrogens is 1. The van der Waals surface area contributed by atoms with Gasteiger partial charge in [0.05, 0.1) is 19.4 Å². The number of hydrogen-bond acceptors (Lipinski definition) is 2. The number of carbonyl (C=O) groups excluding carboxylic acids is 1. The lowest BCUT2D eigenvalue weighted by molar-refractivity contribution is 0.200. The molecule has 2 heterocycles. The molecule has 0 saturated heterocycles. The van der Waals surface area contributed by atoms with Crippen molar-refractivity contribution < 1.29 is 9.21 Å². The topological polar surface area (TPSA) is 50.4 Å². The normalized spacial score (nSPS) is 10.6. The van der Waals surface area contributed by atoms with Crippen molar-refractivity contribution in [2.75, 3.05) is 5.32 Å². The van der Waals surface area contributed by atoms with Gasteiger partial charge in [-0.05, 0) is 42.5 Å². The number of amides is 2. The van der Waals surface area contributed by atoms with Crippen LogP contribution in [0.5, 0.6) is 0 Å². The van der Waals surface area contributed by atoms with Gasteiger partial charge in [0.15, 0.2) is 0 Å². The van der Waals surface area contributed by atoms with Gasteiger partial charge in [-0.25, -0.2) is 4.79 Å². The highest BCUT2D eigenvalue weighted by Crippen LogP contribution is 2.17. The summed E-state index contributed by atoms with van der Waals surface area (Å²) in [5.74, 6) is 0.727. The molecule has 24 heavy (non-hydrogen) atoms. The maximum atomic E-state index is 12.7. The second-order valence-electron chi connectivity index (χ2n) is 5.49. The molecule has 0 radical (unpaired) electrons. The van der Waals surface area contributed by atoms with Crippen molar-refractivity contribution in [3.05, 3.63) is 77.5 Å². The molecule has 2 aromatic heterocycles. The van der Waals surface area contributed by atoms with E-state index in [9.17, 15) is 4.79 Å². The predicted molar refractivity (Wildman–Crippen MR) is 93.8 cm³/mol.